The van der Waals surface area contributed by atoms with Crippen LogP contribution in [0.25, 0.3) is 0 Å². The summed E-state index contributed by atoms with van der Waals surface area (Å²) < 4.78 is 5.15. The third kappa shape index (κ3) is 3.37. The molecule has 2 rings (SSSR count). The Morgan fingerprint density at radius 1 is 1.28 bits per heavy atom. The summed E-state index contributed by atoms with van der Waals surface area (Å²) in [6.45, 7) is 2.39. The molecule has 0 N–H and O–H groups in total. The first kappa shape index (κ1) is 13.2. The average Bonchev–Trinajstić information content (AvgIpc) is 2.60. The predicted octanol–water partition coefficient (Wildman–Crippen LogP) is 1.62. The van der Waals surface area contributed by atoms with Crippen LogP contribution >= 0.6 is 0 Å². The molecule has 2 saturated heterocycles. The molecule has 0 aromatic rings. The van der Waals surface area contributed by atoms with E-state index >= 15 is 0 Å². The third-order valence-corrected chi connectivity index (χ3v) is 3.70. The number of ether oxygens (including phenoxy) is 1. The van der Waals surface area contributed by atoms with Crippen molar-refractivity contribution in [3.8, 4) is 0 Å². The number of likely N-dealkylation sites (tertiary alicyclic amines) is 1. The minimum atomic E-state index is -0.276. The van der Waals surface area contributed by atoms with Gasteiger partial charge in [0.2, 0.25) is 5.91 Å². The maximum absolute atomic E-state index is 12.0. The Labute approximate surface area is 108 Å². The van der Waals surface area contributed by atoms with Crippen LogP contribution in [0.1, 0.15) is 38.5 Å². The number of carbonyl (C=O) groups excluding carboxylic acids is 2. The minimum Gasteiger partial charge on any atom is -0.444 e. The Balaban J connectivity index is 1.72. The summed E-state index contributed by atoms with van der Waals surface area (Å²) in [6.07, 6.45) is 5.45. The second kappa shape index (κ2) is 6.07. The lowest BCUT2D eigenvalue weighted by Crippen LogP contribution is -2.32. The Morgan fingerprint density at radius 3 is 2.50 bits per heavy atom. The smallest absolute Gasteiger partial charge is 0.409 e. The maximum atomic E-state index is 12.0. The lowest BCUT2D eigenvalue weighted by Gasteiger charge is -2.20. The van der Waals surface area contributed by atoms with Gasteiger partial charge in [0.15, 0.2) is 0 Å². The summed E-state index contributed by atoms with van der Waals surface area (Å²) in [4.78, 5) is 26.7. The maximum Gasteiger partial charge on any atom is 0.409 e. The Bertz CT molecular complexity index is 311. The van der Waals surface area contributed by atoms with E-state index in [1.54, 1.807) is 11.9 Å². The monoisotopic (exact) mass is 254 g/mol. The highest BCUT2D eigenvalue weighted by molar-refractivity contribution is 5.76. The second-order valence-electron chi connectivity index (χ2n) is 5.22. The molecular weight excluding hydrogens is 232 g/mol. The zero-order valence-corrected chi connectivity index (χ0v) is 11.1. The van der Waals surface area contributed by atoms with Crippen LogP contribution in [0.3, 0.4) is 0 Å². The number of rotatable bonds is 3. The number of amides is 2. The van der Waals surface area contributed by atoms with Crippen molar-refractivity contribution in [2.45, 2.75) is 44.6 Å². The van der Waals surface area contributed by atoms with Gasteiger partial charge in [0.25, 0.3) is 0 Å². The molecule has 1 atom stereocenters. The topological polar surface area (TPSA) is 49.9 Å². The van der Waals surface area contributed by atoms with Gasteiger partial charge in [-0.05, 0) is 19.3 Å². The normalized spacial score (nSPS) is 24.9. The van der Waals surface area contributed by atoms with E-state index in [0.29, 0.717) is 19.4 Å². The van der Waals surface area contributed by atoms with Crippen LogP contribution in [0.2, 0.25) is 0 Å². The summed E-state index contributed by atoms with van der Waals surface area (Å²) >= 11 is 0. The van der Waals surface area contributed by atoms with Crippen molar-refractivity contribution in [3.05, 3.63) is 0 Å². The molecular formula is C13H22N2O3. The summed E-state index contributed by atoms with van der Waals surface area (Å²) in [7, 11) is 1.72. The molecule has 2 aliphatic rings. The molecule has 5 nitrogen and oxygen atoms in total. The minimum absolute atomic E-state index is 0.113. The molecule has 0 aromatic heterocycles. The van der Waals surface area contributed by atoms with E-state index in [1.807, 2.05) is 4.90 Å². The van der Waals surface area contributed by atoms with Crippen molar-refractivity contribution in [2.24, 2.45) is 0 Å². The number of hydrogen-bond donors (Lipinski definition) is 0. The van der Waals surface area contributed by atoms with Crippen molar-refractivity contribution in [1.82, 2.24) is 9.80 Å². The third-order valence-electron chi connectivity index (χ3n) is 3.70. The molecule has 0 spiro atoms. The highest BCUT2D eigenvalue weighted by atomic mass is 16.6. The largest absolute Gasteiger partial charge is 0.444 e. The van der Waals surface area contributed by atoms with E-state index in [1.165, 1.54) is 12.8 Å². The number of nitrogens with zero attached hydrogens (tertiary/aromatic N) is 2. The molecule has 102 valence electrons. The van der Waals surface area contributed by atoms with Crippen LogP contribution in [0.5, 0.6) is 0 Å². The molecule has 0 saturated carbocycles. The first-order valence-corrected chi connectivity index (χ1v) is 6.86. The quantitative estimate of drug-likeness (QED) is 0.769. The molecule has 2 fully saturated rings. The highest BCUT2D eigenvalue weighted by Gasteiger charge is 2.29. The van der Waals surface area contributed by atoms with Crippen molar-refractivity contribution < 1.29 is 14.3 Å². The highest BCUT2D eigenvalue weighted by Crippen LogP contribution is 2.16. The van der Waals surface area contributed by atoms with Crippen LogP contribution in [-0.2, 0) is 9.53 Å². The van der Waals surface area contributed by atoms with Crippen LogP contribution in [0, 0.1) is 0 Å². The summed E-state index contributed by atoms with van der Waals surface area (Å²) in [6, 6.07) is 0. The molecule has 2 heterocycles. The lowest BCUT2D eigenvalue weighted by molar-refractivity contribution is -0.131. The van der Waals surface area contributed by atoms with E-state index < -0.39 is 0 Å². The standard InChI is InChI=1S/C13H22N2O3/c1-14-10-11(18-13(14)17)6-7-12(16)15-8-4-2-3-5-9-15/h11H,2-10H2,1H3. The van der Waals surface area contributed by atoms with E-state index in [0.717, 1.165) is 25.9 Å². The van der Waals surface area contributed by atoms with Crippen LogP contribution in [0.4, 0.5) is 4.79 Å². The first-order valence-electron chi connectivity index (χ1n) is 6.86. The van der Waals surface area contributed by atoms with E-state index in [2.05, 4.69) is 0 Å². The molecule has 2 aliphatic heterocycles. The Hall–Kier alpha value is -1.26. The number of cyclic esters (lactones) is 1. The molecule has 0 bridgehead atoms. The SMILES string of the molecule is CN1CC(CCC(=O)N2CCCCCC2)OC1=O. The van der Waals surface area contributed by atoms with Gasteiger partial charge in [0, 0.05) is 26.6 Å². The van der Waals surface area contributed by atoms with Gasteiger partial charge < -0.3 is 14.5 Å². The summed E-state index contributed by atoms with van der Waals surface area (Å²) in [5.41, 5.74) is 0. The molecule has 2 amide bonds. The second-order valence-corrected chi connectivity index (χ2v) is 5.22. The Kier molecular flexibility index (Phi) is 4.44. The van der Waals surface area contributed by atoms with Gasteiger partial charge in [-0.3, -0.25) is 4.79 Å². The molecule has 5 heteroatoms. The fraction of sp³-hybridized carbons (Fsp3) is 0.846. The van der Waals surface area contributed by atoms with E-state index in [4.69, 9.17) is 4.74 Å². The van der Waals surface area contributed by atoms with Crippen molar-refractivity contribution in [2.75, 3.05) is 26.7 Å². The molecule has 18 heavy (non-hydrogen) atoms. The summed E-state index contributed by atoms with van der Waals surface area (Å²) in [5.74, 6) is 0.211. The number of hydrogen-bond acceptors (Lipinski definition) is 3. The van der Waals surface area contributed by atoms with E-state index in [-0.39, 0.29) is 18.1 Å². The fourth-order valence-electron chi connectivity index (χ4n) is 2.56. The molecule has 0 radical (unpaired) electrons. The van der Waals surface area contributed by atoms with Gasteiger partial charge >= 0.3 is 6.09 Å². The fourth-order valence-corrected chi connectivity index (χ4v) is 2.56. The first-order chi connectivity index (χ1) is 8.66. The van der Waals surface area contributed by atoms with Gasteiger partial charge in [-0.2, -0.15) is 0 Å². The zero-order valence-electron chi connectivity index (χ0n) is 11.1. The van der Waals surface area contributed by atoms with Crippen LogP contribution in [0.15, 0.2) is 0 Å². The lowest BCUT2D eigenvalue weighted by atomic mass is 10.2. The van der Waals surface area contributed by atoms with E-state index in [9.17, 15) is 9.59 Å². The van der Waals surface area contributed by atoms with Crippen LogP contribution < -0.4 is 0 Å². The van der Waals surface area contributed by atoms with Gasteiger partial charge in [-0.25, -0.2) is 4.79 Å². The van der Waals surface area contributed by atoms with Gasteiger partial charge in [-0.1, -0.05) is 12.8 Å². The van der Waals surface area contributed by atoms with Gasteiger partial charge in [-0.15, -0.1) is 0 Å². The zero-order chi connectivity index (χ0) is 13.0. The van der Waals surface area contributed by atoms with Crippen molar-refractivity contribution in [3.63, 3.8) is 0 Å². The molecule has 0 aromatic carbocycles. The Morgan fingerprint density at radius 2 is 1.94 bits per heavy atom. The predicted molar refractivity (Wildman–Crippen MR) is 67.2 cm³/mol. The van der Waals surface area contributed by atoms with Gasteiger partial charge in [0.05, 0.1) is 6.54 Å². The number of carbonyl (C=O) groups is 2. The van der Waals surface area contributed by atoms with Crippen molar-refractivity contribution >= 4 is 12.0 Å². The number of likely N-dealkylation sites (N-methyl/N-ethyl adjacent to an activating group) is 1. The van der Waals surface area contributed by atoms with Crippen LogP contribution in [-0.4, -0.2) is 54.6 Å². The molecule has 0 aliphatic carbocycles. The summed E-state index contributed by atoms with van der Waals surface area (Å²) in [5, 5.41) is 0. The van der Waals surface area contributed by atoms with Gasteiger partial charge in [0.1, 0.15) is 6.10 Å². The van der Waals surface area contributed by atoms with Crippen molar-refractivity contribution in [1.29, 1.82) is 0 Å². The molecule has 1 unspecified atom stereocenters. The average molecular weight is 254 g/mol.